The van der Waals surface area contributed by atoms with Gasteiger partial charge in [0.1, 0.15) is 10.6 Å². The molecule has 2 aromatic rings. The number of halogens is 1. The SMILES string of the molecule is CCOC(=O)c1c(-c2ccc(Cl)cc2)csc1NC(=O)CN1CCOCC1.O=C(O)C(=O)O. The van der Waals surface area contributed by atoms with Gasteiger partial charge in [0.15, 0.2) is 0 Å². The Hall–Kier alpha value is -2.99. The van der Waals surface area contributed by atoms with Crippen molar-refractivity contribution in [1.29, 1.82) is 0 Å². The summed E-state index contributed by atoms with van der Waals surface area (Å²) >= 11 is 7.27. The molecule has 0 unspecified atom stereocenters. The van der Waals surface area contributed by atoms with Gasteiger partial charge in [-0.25, -0.2) is 14.4 Å². The number of thiophene rings is 1. The van der Waals surface area contributed by atoms with Crippen molar-refractivity contribution in [1.82, 2.24) is 4.90 Å². The molecule has 0 atom stereocenters. The number of ether oxygens (including phenoxy) is 2. The van der Waals surface area contributed by atoms with Gasteiger partial charge in [0, 0.05) is 29.1 Å². The van der Waals surface area contributed by atoms with E-state index in [1.165, 1.54) is 11.3 Å². The number of amides is 1. The van der Waals surface area contributed by atoms with Crippen LogP contribution in [0.4, 0.5) is 5.00 Å². The first kappa shape index (κ1) is 26.3. The number of nitrogens with zero attached hydrogens (tertiary/aromatic N) is 1. The van der Waals surface area contributed by atoms with Gasteiger partial charge < -0.3 is 25.0 Å². The summed E-state index contributed by atoms with van der Waals surface area (Å²) < 4.78 is 10.5. The van der Waals surface area contributed by atoms with Crippen molar-refractivity contribution >= 4 is 51.8 Å². The van der Waals surface area contributed by atoms with Crippen molar-refractivity contribution in [3.05, 3.63) is 40.2 Å². The molecule has 33 heavy (non-hydrogen) atoms. The van der Waals surface area contributed by atoms with E-state index >= 15 is 0 Å². The lowest BCUT2D eigenvalue weighted by Gasteiger charge is -2.25. The fourth-order valence-electron chi connectivity index (χ4n) is 2.83. The molecule has 1 aliphatic rings. The van der Waals surface area contributed by atoms with E-state index in [1.807, 2.05) is 22.4 Å². The van der Waals surface area contributed by atoms with Crippen LogP contribution in [0.5, 0.6) is 0 Å². The highest BCUT2D eigenvalue weighted by Crippen LogP contribution is 2.36. The Balaban J connectivity index is 0.000000569. The quantitative estimate of drug-likeness (QED) is 0.404. The summed E-state index contributed by atoms with van der Waals surface area (Å²) in [5.74, 6) is -4.26. The van der Waals surface area contributed by atoms with Crippen LogP contribution in [0.1, 0.15) is 17.3 Å². The minimum Gasteiger partial charge on any atom is -0.473 e. The van der Waals surface area contributed by atoms with Gasteiger partial charge in [-0.05, 0) is 24.6 Å². The number of benzene rings is 1. The third kappa shape index (κ3) is 8.13. The molecule has 0 saturated carbocycles. The maximum atomic E-state index is 12.5. The number of anilines is 1. The van der Waals surface area contributed by atoms with Crippen LogP contribution >= 0.6 is 22.9 Å². The number of carboxylic acid groups (broad SMARTS) is 2. The highest BCUT2D eigenvalue weighted by atomic mass is 35.5. The standard InChI is InChI=1S/C19H21ClN2O4S.C2H2O4/c1-2-26-19(24)17-15(13-3-5-14(20)6-4-13)12-27-18(17)21-16(23)11-22-7-9-25-10-8-22;3-1(4)2(5)6/h3-6,12H,2,7-11H2,1H3,(H,21,23);(H,3,4)(H,5,6). The van der Waals surface area contributed by atoms with Crippen molar-refractivity contribution < 1.29 is 38.9 Å². The van der Waals surface area contributed by atoms with Crippen molar-refractivity contribution in [2.45, 2.75) is 6.92 Å². The molecule has 178 valence electrons. The van der Waals surface area contributed by atoms with Gasteiger partial charge in [0.05, 0.1) is 26.4 Å². The molecule has 1 fully saturated rings. The van der Waals surface area contributed by atoms with E-state index in [0.717, 1.165) is 24.2 Å². The predicted molar refractivity (Wildman–Crippen MR) is 122 cm³/mol. The largest absolute Gasteiger partial charge is 0.473 e. The van der Waals surface area contributed by atoms with Gasteiger partial charge in [-0.2, -0.15) is 0 Å². The monoisotopic (exact) mass is 498 g/mol. The average molecular weight is 499 g/mol. The number of rotatable bonds is 6. The van der Waals surface area contributed by atoms with Gasteiger partial charge >= 0.3 is 17.9 Å². The topological polar surface area (TPSA) is 142 Å². The summed E-state index contributed by atoms with van der Waals surface area (Å²) in [7, 11) is 0. The minimum atomic E-state index is -1.82. The number of esters is 1. The highest BCUT2D eigenvalue weighted by molar-refractivity contribution is 7.15. The molecule has 1 saturated heterocycles. The second kappa shape index (κ2) is 12.9. The Labute approximate surface area is 198 Å². The minimum absolute atomic E-state index is 0.160. The zero-order valence-corrected chi connectivity index (χ0v) is 19.3. The zero-order valence-electron chi connectivity index (χ0n) is 17.7. The smallest absolute Gasteiger partial charge is 0.414 e. The fraction of sp³-hybridized carbons (Fsp3) is 0.333. The summed E-state index contributed by atoms with van der Waals surface area (Å²) in [6.45, 7) is 4.97. The first-order chi connectivity index (χ1) is 15.7. The maximum absolute atomic E-state index is 12.5. The fourth-order valence-corrected chi connectivity index (χ4v) is 3.93. The van der Waals surface area contributed by atoms with Gasteiger partial charge in [-0.1, -0.05) is 23.7 Å². The van der Waals surface area contributed by atoms with Crippen molar-refractivity contribution in [3.8, 4) is 11.1 Å². The highest BCUT2D eigenvalue weighted by Gasteiger charge is 2.23. The zero-order chi connectivity index (χ0) is 24.4. The molecule has 3 N–H and O–H groups in total. The van der Waals surface area contributed by atoms with Crippen molar-refractivity contribution in [2.75, 3.05) is 44.8 Å². The molecule has 1 aliphatic heterocycles. The molecule has 0 spiro atoms. The van der Waals surface area contributed by atoms with Crippen LogP contribution in [0.15, 0.2) is 29.6 Å². The Morgan fingerprint density at radius 1 is 1.12 bits per heavy atom. The molecule has 0 radical (unpaired) electrons. The van der Waals surface area contributed by atoms with E-state index in [2.05, 4.69) is 5.32 Å². The second-order valence-corrected chi connectivity index (χ2v) is 7.94. The van der Waals surface area contributed by atoms with Crippen LogP contribution in [0, 0.1) is 0 Å². The van der Waals surface area contributed by atoms with Crippen LogP contribution in [-0.2, 0) is 23.9 Å². The van der Waals surface area contributed by atoms with E-state index in [1.54, 1.807) is 19.1 Å². The van der Waals surface area contributed by atoms with Crippen LogP contribution in [-0.4, -0.2) is 78.4 Å². The second-order valence-electron chi connectivity index (χ2n) is 6.63. The molecule has 12 heteroatoms. The van der Waals surface area contributed by atoms with E-state index in [4.69, 9.17) is 40.9 Å². The van der Waals surface area contributed by atoms with E-state index in [0.29, 0.717) is 28.8 Å². The Morgan fingerprint density at radius 3 is 2.27 bits per heavy atom. The number of morpholine rings is 1. The summed E-state index contributed by atoms with van der Waals surface area (Å²) in [6, 6.07) is 7.21. The van der Waals surface area contributed by atoms with E-state index in [-0.39, 0.29) is 19.1 Å². The average Bonchev–Trinajstić information content (AvgIpc) is 3.19. The van der Waals surface area contributed by atoms with Gasteiger partial charge in [0.25, 0.3) is 0 Å². The number of aliphatic carboxylic acids is 2. The molecular formula is C21H23ClN2O8S. The van der Waals surface area contributed by atoms with Gasteiger partial charge in [-0.3, -0.25) is 9.69 Å². The summed E-state index contributed by atoms with van der Waals surface area (Å²) in [5.41, 5.74) is 1.93. The Bertz CT molecular complexity index is 975. The van der Waals surface area contributed by atoms with E-state index < -0.39 is 17.9 Å². The number of carboxylic acids is 2. The van der Waals surface area contributed by atoms with Crippen LogP contribution in [0.2, 0.25) is 5.02 Å². The number of nitrogens with one attached hydrogen (secondary N) is 1. The lowest BCUT2D eigenvalue weighted by Crippen LogP contribution is -2.41. The lowest BCUT2D eigenvalue weighted by atomic mass is 10.0. The number of hydrogen-bond donors (Lipinski definition) is 3. The summed E-state index contributed by atoms with van der Waals surface area (Å²) in [4.78, 5) is 45.2. The molecule has 3 rings (SSSR count). The molecule has 2 heterocycles. The number of carbonyl (C=O) groups is 4. The molecule has 1 aromatic carbocycles. The molecule has 0 aliphatic carbocycles. The van der Waals surface area contributed by atoms with Crippen LogP contribution in [0.3, 0.4) is 0 Å². The summed E-state index contributed by atoms with van der Waals surface area (Å²) in [5, 5.41) is 20.6. The Morgan fingerprint density at radius 2 is 1.73 bits per heavy atom. The van der Waals surface area contributed by atoms with Crippen molar-refractivity contribution in [2.24, 2.45) is 0 Å². The summed E-state index contributed by atoms with van der Waals surface area (Å²) in [6.07, 6.45) is 0. The number of hydrogen-bond acceptors (Lipinski definition) is 8. The normalized spacial score (nSPS) is 13.4. The molecule has 1 aromatic heterocycles. The van der Waals surface area contributed by atoms with Crippen molar-refractivity contribution in [3.63, 3.8) is 0 Å². The Kier molecular flexibility index (Phi) is 10.3. The molecule has 1 amide bonds. The number of carbonyl (C=O) groups excluding carboxylic acids is 2. The lowest BCUT2D eigenvalue weighted by molar-refractivity contribution is -0.159. The van der Waals surface area contributed by atoms with Crippen LogP contribution in [0.25, 0.3) is 11.1 Å². The molecular weight excluding hydrogens is 476 g/mol. The van der Waals surface area contributed by atoms with Gasteiger partial charge in [0.2, 0.25) is 5.91 Å². The molecule has 0 bridgehead atoms. The first-order valence-electron chi connectivity index (χ1n) is 9.83. The third-order valence-corrected chi connectivity index (χ3v) is 5.48. The van der Waals surface area contributed by atoms with Gasteiger partial charge in [-0.15, -0.1) is 11.3 Å². The first-order valence-corrected chi connectivity index (χ1v) is 11.1. The van der Waals surface area contributed by atoms with E-state index in [9.17, 15) is 9.59 Å². The maximum Gasteiger partial charge on any atom is 0.414 e. The van der Waals surface area contributed by atoms with Crippen LogP contribution < -0.4 is 5.32 Å². The predicted octanol–water partition coefficient (Wildman–Crippen LogP) is 2.67. The molecule has 10 nitrogen and oxygen atoms in total. The third-order valence-electron chi connectivity index (χ3n) is 4.33.